The zero-order valence-electron chi connectivity index (χ0n) is 13.4. The fourth-order valence-corrected chi connectivity index (χ4v) is 2.53. The van der Waals surface area contributed by atoms with Crippen LogP contribution in [-0.2, 0) is 6.54 Å². The van der Waals surface area contributed by atoms with E-state index >= 15 is 0 Å². The summed E-state index contributed by atoms with van der Waals surface area (Å²) in [5.74, 6) is 3.92. The number of rotatable bonds is 6. The highest BCUT2D eigenvalue weighted by atomic mass is 16.5. The van der Waals surface area contributed by atoms with Crippen LogP contribution in [0.1, 0.15) is 37.9 Å². The van der Waals surface area contributed by atoms with Crippen molar-refractivity contribution in [3.05, 3.63) is 23.5 Å². The van der Waals surface area contributed by atoms with Crippen LogP contribution in [0.15, 0.2) is 12.3 Å². The molecule has 2 heterocycles. The molecule has 0 aliphatic carbocycles. The largest absolute Gasteiger partial charge is 0.476 e. The average Bonchev–Trinajstić information content (AvgIpc) is 2.71. The molecule has 0 spiro atoms. The van der Waals surface area contributed by atoms with Gasteiger partial charge in [0.2, 0.25) is 5.88 Å². The first kappa shape index (κ1) is 15.4. The molecular formula is C18H24N2O. The molecule has 3 nitrogen and oxygen atoms in total. The van der Waals surface area contributed by atoms with Gasteiger partial charge in [-0.3, -0.25) is 0 Å². The quantitative estimate of drug-likeness (QED) is 0.590. The summed E-state index contributed by atoms with van der Waals surface area (Å²) in [7, 11) is 0. The van der Waals surface area contributed by atoms with Crippen molar-refractivity contribution in [1.82, 2.24) is 9.55 Å². The van der Waals surface area contributed by atoms with Gasteiger partial charge in [0, 0.05) is 30.2 Å². The molecule has 0 aliphatic heterocycles. The Morgan fingerprint density at radius 2 is 2.14 bits per heavy atom. The minimum atomic E-state index is 0.481. The molecule has 21 heavy (non-hydrogen) atoms. The highest BCUT2D eigenvalue weighted by Gasteiger charge is 2.16. The van der Waals surface area contributed by atoms with Gasteiger partial charge in [-0.15, -0.1) is 12.3 Å². The van der Waals surface area contributed by atoms with Gasteiger partial charge < -0.3 is 9.30 Å². The fourth-order valence-electron chi connectivity index (χ4n) is 2.53. The van der Waals surface area contributed by atoms with E-state index in [1.165, 1.54) is 16.6 Å². The Bertz CT molecular complexity index is 662. The van der Waals surface area contributed by atoms with Crippen molar-refractivity contribution in [2.24, 2.45) is 5.92 Å². The lowest BCUT2D eigenvalue weighted by Gasteiger charge is -2.12. The van der Waals surface area contributed by atoms with Crippen molar-refractivity contribution in [1.29, 1.82) is 0 Å². The molecule has 0 aliphatic rings. The zero-order valence-corrected chi connectivity index (χ0v) is 13.4. The van der Waals surface area contributed by atoms with Crippen molar-refractivity contribution in [3.8, 4) is 18.2 Å². The summed E-state index contributed by atoms with van der Waals surface area (Å²) in [5, 5.41) is 1.22. The van der Waals surface area contributed by atoms with Gasteiger partial charge in [-0.05, 0) is 37.8 Å². The standard InChI is InChI=1S/C18H24N2O/c1-6-7-8-11-20-15(5)14(4)16-9-10-19-18(17(16)20)21-12-13(2)3/h1,9-10,13H,7-8,11-12H2,2-5H3. The van der Waals surface area contributed by atoms with Crippen LogP contribution in [0.2, 0.25) is 0 Å². The summed E-state index contributed by atoms with van der Waals surface area (Å²) in [6, 6.07) is 2.07. The molecule has 2 rings (SSSR count). The minimum Gasteiger partial charge on any atom is -0.476 e. The summed E-state index contributed by atoms with van der Waals surface area (Å²) in [6.07, 6.45) is 8.96. The van der Waals surface area contributed by atoms with Gasteiger partial charge in [-0.25, -0.2) is 4.98 Å². The van der Waals surface area contributed by atoms with Gasteiger partial charge in [-0.1, -0.05) is 13.8 Å². The Hall–Kier alpha value is -1.95. The molecule has 0 unspecified atom stereocenters. The SMILES string of the molecule is C#CCCCn1c(C)c(C)c2ccnc(OCC(C)C)c21. The van der Waals surface area contributed by atoms with Crippen LogP contribution in [0.25, 0.3) is 10.9 Å². The summed E-state index contributed by atoms with van der Waals surface area (Å²) in [4.78, 5) is 4.44. The fraction of sp³-hybridized carbons (Fsp3) is 0.500. The van der Waals surface area contributed by atoms with Crippen molar-refractivity contribution in [3.63, 3.8) is 0 Å². The molecule has 0 N–H and O–H groups in total. The van der Waals surface area contributed by atoms with Crippen LogP contribution in [0.4, 0.5) is 0 Å². The van der Waals surface area contributed by atoms with E-state index in [2.05, 4.69) is 49.2 Å². The Labute approximate surface area is 127 Å². The molecule has 112 valence electrons. The summed E-state index contributed by atoms with van der Waals surface area (Å²) >= 11 is 0. The highest BCUT2D eigenvalue weighted by molar-refractivity contribution is 5.88. The molecule has 0 radical (unpaired) electrons. The van der Waals surface area contributed by atoms with Gasteiger partial charge in [-0.2, -0.15) is 0 Å². The number of aromatic nitrogens is 2. The maximum absolute atomic E-state index is 5.92. The second-order valence-electron chi connectivity index (χ2n) is 5.89. The molecule has 3 heteroatoms. The first-order chi connectivity index (χ1) is 10.1. The molecule has 0 amide bonds. The van der Waals surface area contributed by atoms with Gasteiger partial charge in [0.05, 0.1) is 6.61 Å². The maximum Gasteiger partial charge on any atom is 0.238 e. The van der Waals surface area contributed by atoms with Gasteiger partial charge in [0.1, 0.15) is 5.52 Å². The van der Waals surface area contributed by atoms with E-state index in [1.54, 1.807) is 0 Å². The van der Waals surface area contributed by atoms with E-state index in [0.29, 0.717) is 12.5 Å². The second-order valence-corrected chi connectivity index (χ2v) is 5.89. The number of hydrogen-bond donors (Lipinski definition) is 0. The van der Waals surface area contributed by atoms with E-state index in [4.69, 9.17) is 11.2 Å². The number of unbranched alkanes of at least 4 members (excludes halogenated alkanes) is 1. The third-order valence-corrected chi connectivity index (χ3v) is 3.77. The van der Waals surface area contributed by atoms with Crippen LogP contribution in [-0.4, -0.2) is 16.2 Å². The van der Waals surface area contributed by atoms with Crippen molar-refractivity contribution >= 4 is 10.9 Å². The monoisotopic (exact) mass is 284 g/mol. The molecule has 0 fully saturated rings. The van der Waals surface area contributed by atoms with Crippen molar-refractivity contribution in [2.75, 3.05) is 6.61 Å². The number of pyridine rings is 1. The molecule has 2 aromatic rings. The predicted molar refractivity (Wildman–Crippen MR) is 87.6 cm³/mol. The lowest BCUT2D eigenvalue weighted by atomic mass is 10.2. The highest BCUT2D eigenvalue weighted by Crippen LogP contribution is 2.31. The molecule has 0 atom stereocenters. The van der Waals surface area contributed by atoms with E-state index in [9.17, 15) is 0 Å². The lowest BCUT2D eigenvalue weighted by molar-refractivity contribution is 0.263. The second kappa shape index (κ2) is 6.67. The van der Waals surface area contributed by atoms with Crippen LogP contribution in [0.5, 0.6) is 5.88 Å². The number of fused-ring (bicyclic) bond motifs is 1. The number of hydrogen-bond acceptors (Lipinski definition) is 2. The van der Waals surface area contributed by atoms with E-state index in [0.717, 1.165) is 30.8 Å². The van der Waals surface area contributed by atoms with E-state index in [1.807, 2.05) is 6.20 Å². The van der Waals surface area contributed by atoms with E-state index in [-0.39, 0.29) is 0 Å². The minimum absolute atomic E-state index is 0.481. The Morgan fingerprint density at radius 1 is 1.38 bits per heavy atom. The topological polar surface area (TPSA) is 27.1 Å². The zero-order chi connectivity index (χ0) is 15.4. The number of aryl methyl sites for hydroxylation is 2. The normalized spacial score (nSPS) is 11.0. The van der Waals surface area contributed by atoms with E-state index < -0.39 is 0 Å². The summed E-state index contributed by atoms with van der Waals surface area (Å²) in [6.45, 7) is 10.2. The average molecular weight is 284 g/mol. The van der Waals surface area contributed by atoms with Crippen LogP contribution in [0, 0.1) is 32.1 Å². The molecule has 0 aromatic carbocycles. The molecular weight excluding hydrogens is 260 g/mol. The Balaban J connectivity index is 2.45. The van der Waals surface area contributed by atoms with Crippen LogP contribution in [0.3, 0.4) is 0 Å². The number of nitrogens with zero attached hydrogens (tertiary/aromatic N) is 2. The van der Waals surface area contributed by atoms with Gasteiger partial charge in [0.15, 0.2) is 0 Å². The van der Waals surface area contributed by atoms with Crippen LogP contribution >= 0.6 is 0 Å². The third-order valence-electron chi connectivity index (χ3n) is 3.77. The smallest absolute Gasteiger partial charge is 0.238 e. The summed E-state index contributed by atoms with van der Waals surface area (Å²) in [5.41, 5.74) is 3.66. The number of ether oxygens (including phenoxy) is 1. The first-order valence-corrected chi connectivity index (χ1v) is 7.57. The van der Waals surface area contributed by atoms with Crippen LogP contribution < -0.4 is 4.74 Å². The maximum atomic E-state index is 5.92. The van der Waals surface area contributed by atoms with Gasteiger partial charge in [0.25, 0.3) is 0 Å². The van der Waals surface area contributed by atoms with Crippen molar-refractivity contribution in [2.45, 2.75) is 47.1 Å². The third kappa shape index (κ3) is 3.21. The molecule has 0 saturated heterocycles. The van der Waals surface area contributed by atoms with Crippen molar-refractivity contribution < 1.29 is 4.74 Å². The Kier molecular flexibility index (Phi) is 4.90. The van der Waals surface area contributed by atoms with Gasteiger partial charge >= 0.3 is 0 Å². The predicted octanol–water partition coefficient (Wildman–Crippen LogP) is 4.10. The molecule has 2 aromatic heterocycles. The molecule has 0 saturated carbocycles. The molecule has 0 bridgehead atoms. The first-order valence-electron chi connectivity index (χ1n) is 7.57. The Morgan fingerprint density at radius 3 is 2.81 bits per heavy atom. The lowest BCUT2D eigenvalue weighted by Crippen LogP contribution is -2.08. The summed E-state index contributed by atoms with van der Waals surface area (Å²) < 4.78 is 8.22. The number of terminal acetylenes is 1.